The lowest BCUT2D eigenvalue weighted by Gasteiger charge is -2.37. The van der Waals surface area contributed by atoms with Crippen molar-refractivity contribution in [2.75, 3.05) is 33.5 Å². The van der Waals surface area contributed by atoms with Crippen LogP contribution in [0.2, 0.25) is 0 Å². The Labute approximate surface area is 138 Å². The molecular weight excluding hydrogens is 298 g/mol. The minimum absolute atomic E-state index is 0.173. The van der Waals surface area contributed by atoms with Gasteiger partial charge in [0.25, 0.3) is 5.91 Å². The van der Waals surface area contributed by atoms with Crippen LogP contribution in [0, 0.1) is 11.8 Å². The van der Waals surface area contributed by atoms with Crippen molar-refractivity contribution in [3.8, 4) is 0 Å². The van der Waals surface area contributed by atoms with Crippen molar-refractivity contribution in [1.29, 1.82) is 0 Å². The fourth-order valence-corrected chi connectivity index (χ4v) is 2.92. The number of unbranched alkanes of at least 4 members (excludes halogenated alkanes) is 1. The molecule has 0 aromatic rings. The van der Waals surface area contributed by atoms with Crippen LogP contribution in [0.25, 0.3) is 0 Å². The molecule has 0 aromatic carbocycles. The SMILES string of the molecule is COCCNC(=O)C1=C[C@@H](C2CCC2)C[C@@H](OCCCCO)O1. The Kier molecular flexibility index (Phi) is 7.85. The van der Waals surface area contributed by atoms with Crippen molar-refractivity contribution in [3.63, 3.8) is 0 Å². The summed E-state index contributed by atoms with van der Waals surface area (Å²) >= 11 is 0. The number of amides is 1. The normalized spacial score (nSPS) is 24.5. The standard InChI is InChI=1S/C17H29NO5/c1-21-10-7-18-17(20)15-11-14(13-5-4-6-13)12-16(23-15)22-9-3-2-8-19/h11,13-14,16,19H,2-10,12H2,1H3,(H,18,20)/t14-,16+/m1/s1. The largest absolute Gasteiger partial charge is 0.459 e. The Morgan fingerprint density at radius 1 is 1.39 bits per heavy atom. The van der Waals surface area contributed by atoms with E-state index in [1.54, 1.807) is 7.11 Å². The summed E-state index contributed by atoms with van der Waals surface area (Å²) in [7, 11) is 1.60. The Morgan fingerprint density at radius 3 is 2.87 bits per heavy atom. The zero-order valence-corrected chi connectivity index (χ0v) is 14.0. The number of allylic oxidation sites excluding steroid dienone is 1. The third-order valence-corrected chi connectivity index (χ3v) is 4.52. The molecule has 0 bridgehead atoms. The third-order valence-electron chi connectivity index (χ3n) is 4.52. The number of methoxy groups -OCH3 is 1. The second kappa shape index (κ2) is 9.90. The first-order chi connectivity index (χ1) is 11.2. The number of hydrogen-bond acceptors (Lipinski definition) is 5. The van der Waals surface area contributed by atoms with E-state index in [4.69, 9.17) is 19.3 Å². The van der Waals surface area contributed by atoms with E-state index < -0.39 is 0 Å². The van der Waals surface area contributed by atoms with Crippen LogP contribution < -0.4 is 5.32 Å². The van der Waals surface area contributed by atoms with Gasteiger partial charge in [0.2, 0.25) is 6.29 Å². The van der Waals surface area contributed by atoms with Crippen LogP contribution in [-0.2, 0) is 19.0 Å². The third kappa shape index (κ3) is 5.79. The Hall–Kier alpha value is -1.11. The number of aliphatic hydroxyl groups is 1. The summed E-state index contributed by atoms with van der Waals surface area (Å²) in [5, 5.41) is 11.6. The van der Waals surface area contributed by atoms with Crippen LogP contribution in [0.15, 0.2) is 11.8 Å². The summed E-state index contributed by atoms with van der Waals surface area (Å²) in [4.78, 5) is 12.2. The number of aliphatic hydroxyl groups excluding tert-OH is 1. The molecule has 1 fully saturated rings. The van der Waals surface area contributed by atoms with Crippen molar-refractivity contribution in [1.82, 2.24) is 5.32 Å². The van der Waals surface area contributed by atoms with Crippen molar-refractivity contribution >= 4 is 5.91 Å². The summed E-state index contributed by atoms with van der Waals surface area (Å²) in [6.45, 7) is 1.66. The highest BCUT2D eigenvalue weighted by Gasteiger charge is 2.34. The first-order valence-corrected chi connectivity index (χ1v) is 8.62. The highest BCUT2D eigenvalue weighted by Crippen LogP contribution is 2.39. The average Bonchev–Trinajstić information content (AvgIpc) is 2.50. The van der Waals surface area contributed by atoms with E-state index in [2.05, 4.69) is 5.32 Å². The fraction of sp³-hybridized carbons (Fsp3) is 0.824. The van der Waals surface area contributed by atoms with Crippen molar-refractivity contribution in [2.45, 2.75) is 44.8 Å². The number of hydrogen-bond donors (Lipinski definition) is 2. The molecule has 1 heterocycles. The zero-order chi connectivity index (χ0) is 16.5. The Balaban J connectivity index is 1.88. The van der Waals surface area contributed by atoms with Gasteiger partial charge in [0.05, 0.1) is 13.2 Å². The maximum Gasteiger partial charge on any atom is 0.286 e. The molecule has 2 rings (SSSR count). The van der Waals surface area contributed by atoms with E-state index in [0.717, 1.165) is 19.3 Å². The van der Waals surface area contributed by atoms with Crippen LogP contribution in [0.1, 0.15) is 38.5 Å². The van der Waals surface area contributed by atoms with Crippen molar-refractivity contribution in [2.24, 2.45) is 11.8 Å². The summed E-state index contributed by atoms with van der Waals surface area (Å²) < 4.78 is 16.4. The van der Waals surface area contributed by atoms with Gasteiger partial charge < -0.3 is 24.6 Å². The van der Waals surface area contributed by atoms with Crippen LogP contribution in [0.3, 0.4) is 0 Å². The summed E-state index contributed by atoms with van der Waals surface area (Å²) in [5.74, 6) is 1.17. The first-order valence-electron chi connectivity index (χ1n) is 8.62. The molecular formula is C17H29NO5. The minimum atomic E-state index is -0.368. The number of ether oxygens (including phenoxy) is 3. The van der Waals surface area contributed by atoms with E-state index in [0.29, 0.717) is 37.4 Å². The van der Waals surface area contributed by atoms with Gasteiger partial charge in [-0.15, -0.1) is 0 Å². The molecule has 1 aliphatic carbocycles. The monoisotopic (exact) mass is 327 g/mol. The molecule has 0 saturated heterocycles. The van der Waals surface area contributed by atoms with E-state index >= 15 is 0 Å². The van der Waals surface area contributed by atoms with Gasteiger partial charge in [-0.05, 0) is 43.6 Å². The van der Waals surface area contributed by atoms with Gasteiger partial charge >= 0.3 is 0 Å². The van der Waals surface area contributed by atoms with Gasteiger partial charge in [0.1, 0.15) is 0 Å². The topological polar surface area (TPSA) is 77.0 Å². The molecule has 6 heteroatoms. The predicted molar refractivity (Wildman–Crippen MR) is 85.6 cm³/mol. The number of nitrogens with one attached hydrogen (secondary N) is 1. The van der Waals surface area contributed by atoms with Crippen molar-refractivity contribution in [3.05, 3.63) is 11.8 Å². The smallest absolute Gasteiger partial charge is 0.286 e. The summed E-state index contributed by atoms with van der Waals surface area (Å²) in [5.41, 5.74) is 0. The molecule has 1 aliphatic heterocycles. The van der Waals surface area contributed by atoms with Crippen LogP contribution >= 0.6 is 0 Å². The molecule has 2 N–H and O–H groups in total. The molecule has 0 spiro atoms. The molecule has 6 nitrogen and oxygen atoms in total. The molecule has 2 aliphatic rings. The quantitative estimate of drug-likeness (QED) is 0.596. The first kappa shape index (κ1) is 18.2. The second-order valence-electron chi connectivity index (χ2n) is 6.22. The lowest BCUT2D eigenvalue weighted by molar-refractivity contribution is -0.152. The molecule has 1 saturated carbocycles. The number of carbonyl (C=O) groups is 1. The fourth-order valence-electron chi connectivity index (χ4n) is 2.92. The lowest BCUT2D eigenvalue weighted by atomic mass is 9.73. The number of rotatable bonds is 10. The van der Waals surface area contributed by atoms with Gasteiger partial charge in [-0.3, -0.25) is 4.79 Å². The summed E-state index contributed by atoms with van der Waals surface area (Å²) in [6.07, 6.45) is 7.63. The molecule has 1 amide bonds. The Morgan fingerprint density at radius 2 is 2.22 bits per heavy atom. The van der Waals surface area contributed by atoms with E-state index in [1.165, 1.54) is 19.3 Å². The molecule has 0 unspecified atom stereocenters. The van der Waals surface area contributed by atoms with Gasteiger partial charge in [-0.2, -0.15) is 0 Å². The molecule has 132 valence electrons. The van der Waals surface area contributed by atoms with Gasteiger partial charge in [0, 0.05) is 26.7 Å². The van der Waals surface area contributed by atoms with Gasteiger partial charge in [0.15, 0.2) is 5.76 Å². The predicted octanol–water partition coefficient (Wildman–Crippen LogP) is 1.58. The second-order valence-corrected chi connectivity index (χ2v) is 6.22. The van der Waals surface area contributed by atoms with Crippen LogP contribution in [-0.4, -0.2) is 50.8 Å². The van der Waals surface area contributed by atoms with Crippen LogP contribution in [0.4, 0.5) is 0 Å². The Bertz CT molecular complexity index is 394. The summed E-state index contributed by atoms with van der Waals surface area (Å²) in [6, 6.07) is 0. The molecule has 23 heavy (non-hydrogen) atoms. The zero-order valence-electron chi connectivity index (χ0n) is 14.0. The highest BCUT2D eigenvalue weighted by atomic mass is 16.7. The lowest BCUT2D eigenvalue weighted by Crippen LogP contribution is -2.37. The maximum absolute atomic E-state index is 12.2. The van der Waals surface area contributed by atoms with E-state index in [9.17, 15) is 4.79 Å². The van der Waals surface area contributed by atoms with Crippen molar-refractivity contribution < 1.29 is 24.1 Å². The molecule has 0 aromatic heterocycles. The molecule has 2 atom stereocenters. The minimum Gasteiger partial charge on any atom is -0.459 e. The number of carbonyl (C=O) groups excluding carboxylic acids is 1. The van der Waals surface area contributed by atoms with E-state index in [-0.39, 0.29) is 18.8 Å². The average molecular weight is 327 g/mol. The van der Waals surface area contributed by atoms with Gasteiger partial charge in [-0.25, -0.2) is 0 Å². The highest BCUT2D eigenvalue weighted by molar-refractivity contribution is 5.91. The molecule has 0 radical (unpaired) electrons. The van der Waals surface area contributed by atoms with E-state index in [1.807, 2.05) is 6.08 Å². The van der Waals surface area contributed by atoms with Crippen LogP contribution in [0.5, 0.6) is 0 Å². The van der Waals surface area contributed by atoms with Gasteiger partial charge in [-0.1, -0.05) is 6.42 Å². The maximum atomic E-state index is 12.2.